The molecule has 1 fully saturated rings. The highest BCUT2D eigenvalue weighted by atomic mass is 35.5. The lowest BCUT2D eigenvalue weighted by Gasteiger charge is -2.17. The SMILES string of the molecule is CCCCC(NC(N)=O)C(=O)NCCC1CCNC1.Cl. The maximum Gasteiger partial charge on any atom is 0.312 e. The van der Waals surface area contributed by atoms with Crippen LogP contribution in [0, 0.1) is 5.92 Å². The van der Waals surface area contributed by atoms with E-state index >= 15 is 0 Å². The van der Waals surface area contributed by atoms with Gasteiger partial charge in [-0.3, -0.25) is 4.79 Å². The number of unbranched alkanes of at least 4 members (excludes halogenated alkanes) is 1. The Morgan fingerprint density at radius 3 is 2.75 bits per heavy atom. The lowest BCUT2D eigenvalue weighted by atomic mass is 10.0. The highest BCUT2D eigenvalue weighted by molar-refractivity contribution is 5.86. The van der Waals surface area contributed by atoms with Gasteiger partial charge in [-0.15, -0.1) is 12.4 Å². The number of nitrogens with two attached hydrogens (primary N) is 1. The van der Waals surface area contributed by atoms with Crippen molar-refractivity contribution in [3.63, 3.8) is 0 Å². The monoisotopic (exact) mass is 306 g/mol. The van der Waals surface area contributed by atoms with E-state index in [1.165, 1.54) is 6.42 Å². The normalized spacial score (nSPS) is 18.9. The van der Waals surface area contributed by atoms with Crippen LogP contribution in [0.2, 0.25) is 0 Å². The van der Waals surface area contributed by atoms with Gasteiger partial charge in [-0.05, 0) is 38.3 Å². The summed E-state index contributed by atoms with van der Waals surface area (Å²) in [4.78, 5) is 22.8. The van der Waals surface area contributed by atoms with Crippen molar-refractivity contribution in [1.29, 1.82) is 0 Å². The zero-order valence-corrected chi connectivity index (χ0v) is 12.9. The number of carbonyl (C=O) groups excluding carboxylic acids is 2. The first-order chi connectivity index (χ1) is 9.13. The van der Waals surface area contributed by atoms with Gasteiger partial charge in [0.15, 0.2) is 0 Å². The van der Waals surface area contributed by atoms with Gasteiger partial charge in [0.25, 0.3) is 0 Å². The molecule has 0 radical (unpaired) electrons. The largest absolute Gasteiger partial charge is 0.354 e. The maximum atomic E-state index is 12.0. The average molecular weight is 307 g/mol. The van der Waals surface area contributed by atoms with Crippen LogP contribution in [0.25, 0.3) is 0 Å². The summed E-state index contributed by atoms with van der Waals surface area (Å²) in [5.41, 5.74) is 5.09. The number of hydrogen-bond acceptors (Lipinski definition) is 3. The van der Waals surface area contributed by atoms with Gasteiger partial charge in [0.1, 0.15) is 6.04 Å². The Labute approximate surface area is 127 Å². The molecule has 0 aromatic rings. The molecule has 0 aromatic carbocycles. The summed E-state index contributed by atoms with van der Waals surface area (Å²) < 4.78 is 0. The molecule has 0 bridgehead atoms. The van der Waals surface area contributed by atoms with Crippen molar-refractivity contribution in [3.8, 4) is 0 Å². The molecule has 20 heavy (non-hydrogen) atoms. The molecular formula is C13H27ClN4O2. The Bertz CT molecular complexity index is 296. The van der Waals surface area contributed by atoms with Gasteiger partial charge in [0.05, 0.1) is 0 Å². The topological polar surface area (TPSA) is 96.2 Å². The van der Waals surface area contributed by atoms with Gasteiger partial charge in [-0.1, -0.05) is 19.8 Å². The number of halogens is 1. The molecule has 0 aliphatic carbocycles. The molecular weight excluding hydrogens is 280 g/mol. The van der Waals surface area contributed by atoms with Crippen LogP contribution < -0.4 is 21.7 Å². The van der Waals surface area contributed by atoms with Gasteiger partial charge < -0.3 is 21.7 Å². The second kappa shape index (κ2) is 10.7. The molecule has 1 aliphatic rings. The van der Waals surface area contributed by atoms with E-state index < -0.39 is 12.1 Å². The Kier molecular flexibility index (Phi) is 10.2. The molecule has 3 amide bonds. The summed E-state index contributed by atoms with van der Waals surface area (Å²) in [7, 11) is 0. The van der Waals surface area contributed by atoms with Gasteiger partial charge >= 0.3 is 6.03 Å². The Morgan fingerprint density at radius 1 is 1.45 bits per heavy atom. The fraction of sp³-hybridized carbons (Fsp3) is 0.846. The van der Waals surface area contributed by atoms with E-state index in [1.807, 2.05) is 6.92 Å². The molecule has 2 atom stereocenters. The van der Waals surface area contributed by atoms with Crippen LogP contribution in [0.15, 0.2) is 0 Å². The molecule has 1 heterocycles. The van der Waals surface area contributed by atoms with Crippen LogP contribution in [0.3, 0.4) is 0 Å². The van der Waals surface area contributed by atoms with Crippen LogP contribution in [0.1, 0.15) is 39.0 Å². The van der Waals surface area contributed by atoms with E-state index in [0.29, 0.717) is 18.9 Å². The molecule has 118 valence electrons. The van der Waals surface area contributed by atoms with E-state index in [0.717, 1.165) is 32.4 Å². The zero-order chi connectivity index (χ0) is 14.1. The van der Waals surface area contributed by atoms with Crippen LogP contribution in [-0.2, 0) is 4.79 Å². The van der Waals surface area contributed by atoms with Gasteiger partial charge in [-0.2, -0.15) is 0 Å². The van der Waals surface area contributed by atoms with Crippen LogP contribution >= 0.6 is 12.4 Å². The number of rotatable bonds is 8. The van der Waals surface area contributed by atoms with E-state index in [-0.39, 0.29) is 18.3 Å². The van der Waals surface area contributed by atoms with Crippen molar-refractivity contribution in [2.45, 2.75) is 45.1 Å². The first-order valence-corrected chi connectivity index (χ1v) is 7.18. The molecule has 7 heteroatoms. The predicted molar refractivity (Wildman–Crippen MR) is 81.9 cm³/mol. The summed E-state index contributed by atoms with van der Waals surface area (Å²) >= 11 is 0. The minimum absolute atomic E-state index is 0. The van der Waals surface area contributed by atoms with Crippen molar-refractivity contribution < 1.29 is 9.59 Å². The summed E-state index contributed by atoms with van der Waals surface area (Å²) in [5, 5.41) is 8.70. The standard InChI is InChI=1S/C13H26N4O2.ClH/c1-2-3-4-11(17-13(14)19)12(18)16-8-6-10-5-7-15-9-10;/h10-11,15H,2-9H2,1H3,(H,16,18)(H3,14,17,19);1H. The van der Waals surface area contributed by atoms with Crippen LogP contribution in [0.5, 0.6) is 0 Å². The highest BCUT2D eigenvalue weighted by Gasteiger charge is 2.19. The van der Waals surface area contributed by atoms with Crippen molar-refractivity contribution in [3.05, 3.63) is 0 Å². The molecule has 1 saturated heterocycles. The van der Waals surface area contributed by atoms with Crippen molar-refractivity contribution in [1.82, 2.24) is 16.0 Å². The Morgan fingerprint density at radius 2 is 2.20 bits per heavy atom. The number of hydrogen-bond donors (Lipinski definition) is 4. The zero-order valence-electron chi connectivity index (χ0n) is 12.1. The third-order valence-corrected chi connectivity index (χ3v) is 3.49. The highest BCUT2D eigenvalue weighted by Crippen LogP contribution is 2.10. The Hall–Kier alpha value is -1.01. The lowest BCUT2D eigenvalue weighted by Crippen LogP contribution is -2.48. The molecule has 0 aromatic heterocycles. The molecule has 1 rings (SSSR count). The first-order valence-electron chi connectivity index (χ1n) is 7.18. The maximum absolute atomic E-state index is 12.0. The number of amides is 3. The first kappa shape index (κ1) is 19.0. The third-order valence-electron chi connectivity index (χ3n) is 3.49. The van der Waals surface area contributed by atoms with Crippen LogP contribution in [-0.4, -0.2) is 37.6 Å². The molecule has 6 nitrogen and oxygen atoms in total. The molecule has 2 unspecified atom stereocenters. The van der Waals surface area contributed by atoms with Gasteiger partial charge in [0, 0.05) is 6.54 Å². The fourth-order valence-electron chi connectivity index (χ4n) is 2.33. The van der Waals surface area contributed by atoms with Crippen molar-refractivity contribution >= 4 is 24.3 Å². The smallest absolute Gasteiger partial charge is 0.312 e. The van der Waals surface area contributed by atoms with E-state index in [1.54, 1.807) is 0 Å². The molecule has 1 aliphatic heterocycles. The van der Waals surface area contributed by atoms with Crippen LogP contribution in [0.4, 0.5) is 4.79 Å². The van der Waals surface area contributed by atoms with Gasteiger partial charge in [0.2, 0.25) is 5.91 Å². The molecule has 0 saturated carbocycles. The summed E-state index contributed by atoms with van der Waals surface area (Å²) in [6.07, 6.45) is 4.67. The second-order valence-electron chi connectivity index (χ2n) is 5.14. The Balaban J connectivity index is 0.00000361. The quantitative estimate of drug-likeness (QED) is 0.533. The second-order valence-corrected chi connectivity index (χ2v) is 5.14. The summed E-state index contributed by atoms with van der Waals surface area (Å²) in [6, 6.07) is -1.14. The van der Waals surface area contributed by atoms with Crippen molar-refractivity contribution in [2.24, 2.45) is 11.7 Å². The minimum Gasteiger partial charge on any atom is -0.354 e. The number of primary amides is 1. The number of urea groups is 1. The molecule has 0 spiro atoms. The average Bonchev–Trinajstić information content (AvgIpc) is 2.87. The van der Waals surface area contributed by atoms with Crippen molar-refractivity contribution in [2.75, 3.05) is 19.6 Å². The minimum atomic E-state index is -0.642. The number of carbonyl (C=O) groups is 2. The summed E-state index contributed by atoms with van der Waals surface area (Å²) in [6.45, 7) is 4.82. The lowest BCUT2D eigenvalue weighted by molar-refractivity contribution is -0.123. The molecule has 5 N–H and O–H groups in total. The third kappa shape index (κ3) is 7.55. The fourth-order valence-corrected chi connectivity index (χ4v) is 2.33. The number of nitrogens with one attached hydrogen (secondary N) is 3. The van der Waals surface area contributed by atoms with E-state index in [9.17, 15) is 9.59 Å². The van der Waals surface area contributed by atoms with E-state index in [4.69, 9.17) is 5.73 Å². The summed E-state index contributed by atoms with van der Waals surface area (Å²) in [5.74, 6) is 0.525. The van der Waals surface area contributed by atoms with Gasteiger partial charge in [-0.25, -0.2) is 4.79 Å². The predicted octanol–water partition coefficient (Wildman–Crippen LogP) is 0.751. The van der Waals surface area contributed by atoms with E-state index in [2.05, 4.69) is 16.0 Å².